The summed E-state index contributed by atoms with van der Waals surface area (Å²) in [4.78, 5) is 37.6. The average molecular weight is 427 g/mol. The number of hydrogen-bond donors (Lipinski definition) is 1. The lowest BCUT2D eigenvalue weighted by Gasteiger charge is -2.33. The first-order valence-corrected chi connectivity index (χ1v) is 10.4. The summed E-state index contributed by atoms with van der Waals surface area (Å²) < 4.78 is 5.27. The molecule has 30 heavy (non-hydrogen) atoms. The van der Waals surface area contributed by atoms with Gasteiger partial charge >= 0.3 is 0 Å². The molecule has 2 aliphatic rings. The van der Waals surface area contributed by atoms with Crippen molar-refractivity contribution in [2.24, 2.45) is 0 Å². The molecular weight excluding hydrogens is 404 g/mol. The van der Waals surface area contributed by atoms with Gasteiger partial charge in [0.1, 0.15) is 6.61 Å². The van der Waals surface area contributed by atoms with E-state index in [2.05, 4.69) is 5.32 Å². The highest BCUT2D eigenvalue weighted by atomic mass is 35.5. The van der Waals surface area contributed by atoms with Crippen molar-refractivity contribution in [2.75, 3.05) is 13.2 Å². The molecule has 0 bridgehead atoms. The third kappa shape index (κ3) is 4.11. The maximum absolute atomic E-state index is 12.3. The van der Waals surface area contributed by atoms with Crippen LogP contribution in [0.5, 0.6) is 0 Å². The minimum atomic E-state index is -0.428. The summed E-state index contributed by atoms with van der Waals surface area (Å²) in [6.07, 6.45) is 0.767. The van der Waals surface area contributed by atoms with E-state index >= 15 is 0 Å². The highest BCUT2D eigenvalue weighted by Gasteiger charge is 2.30. The van der Waals surface area contributed by atoms with Gasteiger partial charge in [-0.05, 0) is 30.0 Å². The monoisotopic (exact) mass is 426 g/mol. The van der Waals surface area contributed by atoms with E-state index in [0.717, 1.165) is 22.3 Å². The predicted octanol–water partition coefficient (Wildman–Crippen LogP) is 3.27. The first-order chi connectivity index (χ1) is 14.4. The minimum absolute atomic E-state index is 0.00203. The molecule has 2 heterocycles. The first-order valence-electron chi connectivity index (χ1n) is 10.0. The third-order valence-corrected chi connectivity index (χ3v) is 6.12. The van der Waals surface area contributed by atoms with Crippen molar-refractivity contribution in [3.63, 3.8) is 0 Å². The van der Waals surface area contributed by atoms with Gasteiger partial charge in [0, 0.05) is 18.5 Å². The number of carbonyl (C=O) groups excluding carboxylic acids is 3. The van der Waals surface area contributed by atoms with Crippen LogP contribution < -0.4 is 5.32 Å². The molecule has 0 saturated carbocycles. The van der Waals surface area contributed by atoms with Crippen molar-refractivity contribution in [3.8, 4) is 11.1 Å². The minimum Gasteiger partial charge on any atom is -0.370 e. The molecule has 2 aromatic carbocycles. The van der Waals surface area contributed by atoms with Gasteiger partial charge in [-0.25, -0.2) is 0 Å². The van der Waals surface area contributed by atoms with Crippen molar-refractivity contribution < 1.29 is 19.1 Å². The molecule has 156 valence electrons. The van der Waals surface area contributed by atoms with Gasteiger partial charge < -0.3 is 9.64 Å². The molecule has 2 aliphatic heterocycles. The number of piperidine rings is 1. The summed E-state index contributed by atoms with van der Waals surface area (Å²) in [6.45, 7) is 3.19. The lowest BCUT2D eigenvalue weighted by molar-refractivity contribution is -0.148. The zero-order valence-electron chi connectivity index (χ0n) is 16.7. The Hall–Kier alpha value is -2.70. The normalized spacial score (nSPS) is 22.2. The fraction of sp³-hybridized carbons (Fsp3) is 0.348. The maximum atomic E-state index is 12.3. The van der Waals surface area contributed by atoms with E-state index in [1.54, 1.807) is 0 Å². The van der Waals surface area contributed by atoms with Crippen molar-refractivity contribution in [1.29, 1.82) is 0 Å². The van der Waals surface area contributed by atoms with E-state index in [-0.39, 0.29) is 30.4 Å². The maximum Gasteiger partial charge on any atom is 0.249 e. The summed E-state index contributed by atoms with van der Waals surface area (Å²) >= 11 is 6.68. The summed E-state index contributed by atoms with van der Waals surface area (Å²) in [7, 11) is 0. The van der Waals surface area contributed by atoms with Crippen LogP contribution in [-0.2, 0) is 25.7 Å². The van der Waals surface area contributed by atoms with Crippen molar-refractivity contribution in [3.05, 3.63) is 58.6 Å². The van der Waals surface area contributed by atoms with Crippen molar-refractivity contribution in [2.45, 2.75) is 38.3 Å². The number of imide groups is 1. The molecule has 2 aromatic rings. The number of ether oxygens (including phenoxy) is 1. The van der Waals surface area contributed by atoms with E-state index < -0.39 is 5.92 Å². The van der Waals surface area contributed by atoms with Gasteiger partial charge in [-0.3, -0.25) is 19.7 Å². The van der Waals surface area contributed by atoms with E-state index in [0.29, 0.717) is 31.0 Å². The molecule has 3 amide bonds. The van der Waals surface area contributed by atoms with Gasteiger partial charge in [0.15, 0.2) is 0 Å². The van der Waals surface area contributed by atoms with E-state index in [9.17, 15) is 14.4 Å². The number of hydrogen-bond acceptors (Lipinski definition) is 4. The molecule has 2 saturated heterocycles. The molecule has 4 rings (SSSR count). The Labute approximate surface area is 180 Å². The SMILES string of the molecule is C[C@H]1COCC(=O)N1Cc1ccc(-c2cccc(C3CCC(=O)NC3=O)c2Cl)cc1. The van der Waals surface area contributed by atoms with Crippen LogP contribution in [0.4, 0.5) is 0 Å². The quantitative estimate of drug-likeness (QED) is 0.761. The van der Waals surface area contributed by atoms with Crippen LogP contribution in [0.15, 0.2) is 42.5 Å². The Morgan fingerprint density at radius 2 is 1.90 bits per heavy atom. The van der Waals surface area contributed by atoms with Crippen LogP contribution in [0.1, 0.15) is 36.8 Å². The predicted molar refractivity (Wildman–Crippen MR) is 113 cm³/mol. The zero-order valence-corrected chi connectivity index (χ0v) is 17.4. The largest absolute Gasteiger partial charge is 0.370 e. The van der Waals surface area contributed by atoms with Crippen LogP contribution in [0.2, 0.25) is 5.02 Å². The number of benzene rings is 2. The van der Waals surface area contributed by atoms with Gasteiger partial charge in [-0.1, -0.05) is 54.1 Å². The summed E-state index contributed by atoms with van der Waals surface area (Å²) in [6, 6.07) is 13.6. The van der Waals surface area contributed by atoms with Crippen LogP contribution in [0.3, 0.4) is 0 Å². The molecular formula is C23H23ClN2O4. The van der Waals surface area contributed by atoms with Crippen molar-refractivity contribution in [1.82, 2.24) is 10.2 Å². The topological polar surface area (TPSA) is 75.7 Å². The Bertz CT molecular complexity index is 989. The summed E-state index contributed by atoms with van der Waals surface area (Å²) in [5, 5.41) is 2.91. The molecule has 0 spiro atoms. The molecule has 6 nitrogen and oxygen atoms in total. The van der Waals surface area contributed by atoms with E-state index in [1.165, 1.54) is 0 Å². The Balaban J connectivity index is 1.55. The highest BCUT2D eigenvalue weighted by molar-refractivity contribution is 6.34. The van der Waals surface area contributed by atoms with Gasteiger partial charge in [-0.2, -0.15) is 0 Å². The average Bonchev–Trinajstić information content (AvgIpc) is 2.72. The number of amides is 3. The molecule has 7 heteroatoms. The van der Waals surface area contributed by atoms with Gasteiger partial charge in [0.2, 0.25) is 17.7 Å². The van der Waals surface area contributed by atoms with Crippen molar-refractivity contribution >= 4 is 29.3 Å². The smallest absolute Gasteiger partial charge is 0.249 e. The Morgan fingerprint density at radius 1 is 1.13 bits per heavy atom. The second-order valence-electron chi connectivity index (χ2n) is 7.80. The van der Waals surface area contributed by atoms with Crippen LogP contribution in [-0.4, -0.2) is 41.9 Å². The number of nitrogens with zero attached hydrogens (tertiary/aromatic N) is 1. The number of halogens is 1. The zero-order chi connectivity index (χ0) is 21.3. The van der Waals surface area contributed by atoms with Crippen LogP contribution in [0.25, 0.3) is 11.1 Å². The van der Waals surface area contributed by atoms with E-state index in [1.807, 2.05) is 54.3 Å². The third-order valence-electron chi connectivity index (χ3n) is 5.70. The second kappa shape index (κ2) is 8.58. The summed E-state index contributed by atoms with van der Waals surface area (Å²) in [5.41, 5.74) is 3.52. The van der Waals surface area contributed by atoms with Gasteiger partial charge in [0.05, 0.1) is 23.6 Å². The highest BCUT2D eigenvalue weighted by Crippen LogP contribution is 2.37. The second-order valence-corrected chi connectivity index (χ2v) is 8.17. The number of rotatable bonds is 4. The molecule has 0 radical (unpaired) electrons. The Morgan fingerprint density at radius 3 is 2.60 bits per heavy atom. The molecule has 0 aliphatic carbocycles. The lowest BCUT2D eigenvalue weighted by Crippen LogP contribution is -2.47. The van der Waals surface area contributed by atoms with Gasteiger partial charge in [0.25, 0.3) is 0 Å². The van der Waals surface area contributed by atoms with E-state index in [4.69, 9.17) is 16.3 Å². The molecule has 2 atom stereocenters. The lowest BCUT2D eigenvalue weighted by atomic mass is 9.88. The first kappa shape index (κ1) is 20.6. The number of nitrogens with one attached hydrogen (secondary N) is 1. The summed E-state index contributed by atoms with van der Waals surface area (Å²) in [5.74, 6) is -0.974. The molecule has 2 fully saturated rings. The molecule has 1 N–H and O–H groups in total. The van der Waals surface area contributed by atoms with Crippen LogP contribution in [0, 0.1) is 0 Å². The fourth-order valence-electron chi connectivity index (χ4n) is 4.00. The Kier molecular flexibility index (Phi) is 5.88. The fourth-order valence-corrected chi connectivity index (χ4v) is 4.36. The van der Waals surface area contributed by atoms with Crippen LogP contribution >= 0.6 is 11.6 Å². The molecule has 1 unspecified atom stereocenters. The number of carbonyl (C=O) groups is 3. The standard InChI is InChI=1S/C23H23ClN2O4/c1-14-12-30-13-21(28)26(14)11-15-5-7-16(8-6-15)17-3-2-4-18(22(17)24)19-9-10-20(27)25-23(19)29/h2-8,14,19H,9-13H2,1H3,(H,25,27,29)/t14-,19?/m0/s1. The number of morpholine rings is 1. The molecule has 0 aromatic heterocycles. The van der Waals surface area contributed by atoms with Gasteiger partial charge in [-0.15, -0.1) is 0 Å².